The Bertz CT molecular complexity index is 548. The molecule has 0 saturated carbocycles. The van der Waals surface area contributed by atoms with Gasteiger partial charge >= 0.3 is 0 Å². The fourth-order valence-corrected chi connectivity index (χ4v) is 2.56. The van der Waals surface area contributed by atoms with Crippen LogP contribution in [-0.4, -0.2) is 35.8 Å². The molecule has 114 valence electrons. The summed E-state index contributed by atoms with van der Waals surface area (Å²) in [6, 6.07) is 4.16. The van der Waals surface area contributed by atoms with E-state index in [0.29, 0.717) is 24.2 Å². The van der Waals surface area contributed by atoms with Crippen molar-refractivity contribution in [2.75, 3.05) is 18.4 Å². The lowest BCUT2D eigenvalue weighted by Gasteiger charge is -2.32. The number of piperidine rings is 1. The molecule has 1 saturated heterocycles. The molecule has 1 aliphatic heterocycles. The summed E-state index contributed by atoms with van der Waals surface area (Å²) in [5.74, 6) is -1.03. The van der Waals surface area contributed by atoms with Crippen molar-refractivity contribution >= 4 is 17.5 Å². The molecule has 0 radical (unpaired) electrons. The maximum absolute atomic E-state index is 13.4. The zero-order valence-electron chi connectivity index (χ0n) is 12.1. The minimum absolute atomic E-state index is 0.0864. The van der Waals surface area contributed by atoms with Crippen LogP contribution in [0.1, 0.15) is 24.8 Å². The SMILES string of the molecule is Cc1ccc(NC(=O)CN2CCCC[C@H]2C(N)=O)cc1F. The average Bonchev–Trinajstić information content (AvgIpc) is 2.43. The number of halogens is 1. The number of nitrogens with one attached hydrogen (secondary N) is 1. The number of carbonyl (C=O) groups excluding carboxylic acids is 2. The van der Waals surface area contributed by atoms with Crippen molar-refractivity contribution in [2.45, 2.75) is 32.2 Å². The number of hydrogen-bond acceptors (Lipinski definition) is 3. The topological polar surface area (TPSA) is 75.4 Å². The van der Waals surface area contributed by atoms with Crippen molar-refractivity contribution in [2.24, 2.45) is 5.73 Å². The van der Waals surface area contributed by atoms with Crippen molar-refractivity contribution in [3.05, 3.63) is 29.6 Å². The monoisotopic (exact) mass is 293 g/mol. The molecule has 1 aliphatic rings. The number of carbonyl (C=O) groups is 2. The van der Waals surface area contributed by atoms with E-state index in [1.165, 1.54) is 6.07 Å². The van der Waals surface area contributed by atoms with Crippen LogP contribution in [-0.2, 0) is 9.59 Å². The number of benzene rings is 1. The molecule has 1 aromatic carbocycles. The average molecular weight is 293 g/mol. The molecule has 1 fully saturated rings. The molecule has 1 atom stereocenters. The van der Waals surface area contributed by atoms with Gasteiger partial charge in [0.15, 0.2) is 0 Å². The Labute approximate surface area is 123 Å². The number of anilines is 1. The summed E-state index contributed by atoms with van der Waals surface area (Å²) in [7, 11) is 0. The summed E-state index contributed by atoms with van der Waals surface area (Å²) in [5, 5.41) is 2.64. The highest BCUT2D eigenvalue weighted by molar-refractivity contribution is 5.92. The number of amides is 2. The van der Waals surface area contributed by atoms with E-state index in [-0.39, 0.29) is 24.3 Å². The first-order chi connectivity index (χ1) is 9.97. The highest BCUT2D eigenvalue weighted by atomic mass is 19.1. The Morgan fingerprint density at radius 2 is 2.19 bits per heavy atom. The smallest absolute Gasteiger partial charge is 0.238 e. The number of aryl methyl sites for hydroxylation is 1. The van der Waals surface area contributed by atoms with Crippen molar-refractivity contribution in [3.63, 3.8) is 0 Å². The Hall–Kier alpha value is -1.95. The molecular formula is C15H20FN3O2. The molecule has 6 heteroatoms. The molecular weight excluding hydrogens is 273 g/mol. The second-order valence-electron chi connectivity index (χ2n) is 5.40. The van der Waals surface area contributed by atoms with Gasteiger partial charge in [-0.3, -0.25) is 14.5 Å². The Balaban J connectivity index is 1.97. The zero-order chi connectivity index (χ0) is 15.4. The second-order valence-corrected chi connectivity index (χ2v) is 5.40. The lowest BCUT2D eigenvalue weighted by atomic mass is 10.0. The molecule has 1 aromatic rings. The summed E-state index contributed by atoms with van der Waals surface area (Å²) in [6.07, 6.45) is 2.56. The van der Waals surface area contributed by atoms with Crippen LogP contribution >= 0.6 is 0 Å². The van der Waals surface area contributed by atoms with Gasteiger partial charge in [-0.15, -0.1) is 0 Å². The molecule has 5 nitrogen and oxygen atoms in total. The highest BCUT2D eigenvalue weighted by Crippen LogP contribution is 2.17. The molecule has 21 heavy (non-hydrogen) atoms. The summed E-state index contributed by atoms with van der Waals surface area (Å²) >= 11 is 0. The second kappa shape index (κ2) is 6.67. The van der Waals surface area contributed by atoms with Crippen LogP contribution in [0.4, 0.5) is 10.1 Å². The predicted octanol–water partition coefficient (Wildman–Crippen LogP) is 1.41. The molecule has 0 spiro atoms. The number of likely N-dealkylation sites (tertiary alicyclic amines) is 1. The van der Waals surface area contributed by atoms with E-state index in [0.717, 1.165) is 12.8 Å². The van der Waals surface area contributed by atoms with E-state index in [1.807, 2.05) is 0 Å². The van der Waals surface area contributed by atoms with Gasteiger partial charge in [0, 0.05) is 5.69 Å². The number of nitrogens with two attached hydrogens (primary N) is 1. The molecule has 0 aromatic heterocycles. The quantitative estimate of drug-likeness (QED) is 0.881. The van der Waals surface area contributed by atoms with Gasteiger partial charge in [-0.25, -0.2) is 4.39 Å². The summed E-state index contributed by atoms with van der Waals surface area (Å²) in [4.78, 5) is 25.2. The highest BCUT2D eigenvalue weighted by Gasteiger charge is 2.28. The molecule has 2 amide bonds. The summed E-state index contributed by atoms with van der Waals surface area (Å²) in [6.45, 7) is 2.42. The number of nitrogens with zero attached hydrogens (tertiary/aromatic N) is 1. The van der Waals surface area contributed by atoms with Gasteiger partial charge in [-0.2, -0.15) is 0 Å². The molecule has 1 heterocycles. The van der Waals surface area contributed by atoms with Crippen LogP contribution in [0.25, 0.3) is 0 Å². The fraction of sp³-hybridized carbons (Fsp3) is 0.467. The van der Waals surface area contributed by atoms with Crippen LogP contribution in [0.5, 0.6) is 0 Å². The standard InChI is InChI=1S/C15H20FN3O2/c1-10-5-6-11(8-12(10)16)18-14(20)9-19-7-3-2-4-13(19)15(17)21/h5-6,8,13H,2-4,7,9H2,1H3,(H2,17,21)(H,18,20)/t13-/m0/s1. The maximum Gasteiger partial charge on any atom is 0.238 e. The third-order valence-electron chi connectivity index (χ3n) is 3.74. The van der Waals surface area contributed by atoms with Gasteiger partial charge in [-0.05, 0) is 44.0 Å². The van der Waals surface area contributed by atoms with Crippen LogP contribution < -0.4 is 11.1 Å². The number of hydrogen-bond donors (Lipinski definition) is 2. The van der Waals surface area contributed by atoms with E-state index in [1.54, 1.807) is 24.0 Å². The molecule has 3 N–H and O–H groups in total. The van der Waals surface area contributed by atoms with E-state index in [4.69, 9.17) is 5.73 Å². The molecule has 0 bridgehead atoms. The third-order valence-corrected chi connectivity index (χ3v) is 3.74. The van der Waals surface area contributed by atoms with Crippen molar-refractivity contribution in [1.82, 2.24) is 4.90 Å². The summed E-state index contributed by atoms with van der Waals surface area (Å²) < 4.78 is 13.4. The largest absolute Gasteiger partial charge is 0.368 e. The number of rotatable bonds is 4. The Morgan fingerprint density at radius 3 is 2.86 bits per heavy atom. The Morgan fingerprint density at radius 1 is 1.43 bits per heavy atom. The molecule has 0 aliphatic carbocycles. The normalized spacial score (nSPS) is 19.2. The van der Waals surface area contributed by atoms with Crippen LogP contribution in [0, 0.1) is 12.7 Å². The van der Waals surface area contributed by atoms with Crippen LogP contribution in [0.15, 0.2) is 18.2 Å². The first-order valence-electron chi connectivity index (χ1n) is 7.07. The van der Waals surface area contributed by atoms with Gasteiger partial charge < -0.3 is 11.1 Å². The van der Waals surface area contributed by atoms with Crippen LogP contribution in [0.2, 0.25) is 0 Å². The first-order valence-corrected chi connectivity index (χ1v) is 7.07. The van der Waals surface area contributed by atoms with E-state index < -0.39 is 5.91 Å². The van der Waals surface area contributed by atoms with E-state index in [2.05, 4.69) is 5.32 Å². The minimum Gasteiger partial charge on any atom is -0.368 e. The first kappa shape index (κ1) is 15.4. The zero-order valence-corrected chi connectivity index (χ0v) is 12.1. The van der Waals surface area contributed by atoms with Crippen LogP contribution in [0.3, 0.4) is 0 Å². The molecule has 2 rings (SSSR count). The maximum atomic E-state index is 13.4. The van der Waals surface area contributed by atoms with Gasteiger partial charge in [-0.1, -0.05) is 12.5 Å². The van der Waals surface area contributed by atoms with Gasteiger partial charge in [0.2, 0.25) is 11.8 Å². The van der Waals surface area contributed by atoms with Gasteiger partial charge in [0.1, 0.15) is 5.82 Å². The lowest BCUT2D eigenvalue weighted by molar-refractivity contribution is -0.126. The molecule has 0 unspecified atom stereocenters. The minimum atomic E-state index is -0.399. The summed E-state index contributed by atoms with van der Waals surface area (Å²) in [5.41, 5.74) is 6.30. The van der Waals surface area contributed by atoms with Gasteiger partial charge in [0.05, 0.1) is 12.6 Å². The van der Waals surface area contributed by atoms with Crippen molar-refractivity contribution < 1.29 is 14.0 Å². The van der Waals surface area contributed by atoms with E-state index in [9.17, 15) is 14.0 Å². The third kappa shape index (κ3) is 4.01. The van der Waals surface area contributed by atoms with Gasteiger partial charge in [0.25, 0.3) is 0 Å². The van der Waals surface area contributed by atoms with Crippen molar-refractivity contribution in [1.29, 1.82) is 0 Å². The predicted molar refractivity (Wildman–Crippen MR) is 78.2 cm³/mol. The van der Waals surface area contributed by atoms with Crippen molar-refractivity contribution in [3.8, 4) is 0 Å². The lowest BCUT2D eigenvalue weighted by Crippen LogP contribution is -2.50. The van der Waals surface area contributed by atoms with E-state index >= 15 is 0 Å². The fourth-order valence-electron chi connectivity index (χ4n) is 2.56. The Kier molecular flexibility index (Phi) is 4.90. The number of primary amides is 1.